The molecule has 1 saturated carbocycles. The molecule has 2 aromatic rings. The largest absolute Gasteiger partial charge is 0.372 e. The second-order valence-electron chi connectivity index (χ2n) is 16.3. The number of likely N-dealkylation sites (tertiary alicyclic amines) is 1. The number of Topliss-reactive ketones (excluding diaryl/α,β-unsaturated/α-hetero) is 4. The van der Waals surface area contributed by atoms with Crippen LogP contribution in [-0.4, -0.2) is 70.5 Å². The molecule has 1 saturated heterocycles. The molecule has 6 atom stereocenters. The van der Waals surface area contributed by atoms with Gasteiger partial charge in [-0.2, -0.15) is 0 Å². The first-order chi connectivity index (χ1) is 28.0. The van der Waals surface area contributed by atoms with Crippen LogP contribution in [0.1, 0.15) is 141 Å². The summed E-state index contributed by atoms with van der Waals surface area (Å²) in [5, 5.41) is 2.57. The van der Waals surface area contributed by atoms with E-state index in [4.69, 9.17) is 10.5 Å². The van der Waals surface area contributed by atoms with E-state index in [0.29, 0.717) is 32.3 Å². The van der Waals surface area contributed by atoms with Gasteiger partial charge in [0.05, 0.1) is 18.8 Å². The van der Waals surface area contributed by atoms with Crippen molar-refractivity contribution in [2.45, 2.75) is 154 Å². The Kier molecular flexibility index (Phi) is 18.9. The van der Waals surface area contributed by atoms with Crippen LogP contribution in [-0.2, 0) is 44.9 Å². The molecular formula is C47H65N3O8. The Balaban J connectivity index is 1.53. The summed E-state index contributed by atoms with van der Waals surface area (Å²) in [6, 6.07) is 17.6. The maximum absolute atomic E-state index is 14.9. The third-order valence-corrected chi connectivity index (χ3v) is 12.0. The molecule has 0 radical (unpaired) electrons. The monoisotopic (exact) mass is 799 g/mol. The first kappa shape index (κ1) is 46.2. The van der Waals surface area contributed by atoms with Crippen LogP contribution < -0.4 is 11.1 Å². The smallest absolute Gasteiger partial charge is 0.239 e. The number of hydrogen-bond donors (Lipinski definition) is 2. The van der Waals surface area contributed by atoms with Crippen molar-refractivity contribution < 1.29 is 38.3 Å². The highest BCUT2D eigenvalue weighted by Gasteiger charge is 2.45. The maximum atomic E-state index is 14.9. The van der Waals surface area contributed by atoms with E-state index >= 15 is 0 Å². The molecule has 1 heterocycles. The zero-order valence-electron chi connectivity index (χ0n) is 34.8. The quantitative estimate of drug-likeness (QED) is 0.101. The van der Waals surface area contributed by atoms with Crippen molar-refractivity contribution in [1.82, 2.24) is 10.2 Å². The highest BCUT2D eigenvalue weighted by Crippen LogP contribution is 2.37. The molecule has 11 heteroatoms. The lowest BCUT2D eigenvalue weighted by atomic mass is 9.75. The van der Waals surface area contributed by atoms with Gasteiger partial charge in [-0.15, -0.1) is 0 Å². The fourth-order valence-electron chi connectivity index (χ4n) is 8.75. The van der Waals surface area contributed by atoms with Gasteiger partial charge in [0.2, 0.25) is 23.5 Å². The topological polar surface area (TPSA) is 170 Å². The van der Waals surface area contributed by atoms with Crippen LogP contribution in [0, 0.1) is 17.8 Å². The number of carbonyl (C=O) groups is 7. The van der Waals surface area contributed by atoms with Crippen molar-refractivity contribution in [2.24, 2.45) is 23.5 Å². The van der Waals surface area contributed by atoms with Crippen LogP contribution in [0.25, 0.3) is 0 Å². The summed E-state index contributed by atoms with van der Waals surface area (Å²) >= 11 is 0. The van der Waals surface area contributed by atoms with E-state index in [2.05, 4.69) is 5.32 Å². The van der Waals surface area contributed by atoms with Crippen LogP contribution in [0.3, 0.4) is 0 Å². The SMILES string of the molecule is CCCCC(NC(=O)CCC(=O)C(=O)C(CCC)CC(=O)[C@@H]1C[C@@H](OCc2ccccc2)CN1C(=O)C(CC(=O)C(CC)c1ccccc1)C1CCCCC1)C(N)=O. The molecule has 0 bridgehead atoms. The molecule has 1 aliphatic carbocycles. The molecule has 0 aromatic heterocycles. The zero-order chi connectivity index (χ0) is 42.0. The summed E-state index contributed by atoms with van der Waals surface area (Å²) in [7, 11) is 0. The number of carbonyl (C=O) groups excluding carboxylic acids is 7. The van der Waals surface area contributed by atoms with Crippen molar-refractivity contribution in [3.05, 3.63) is 71.8 Å². The average Bonchev–Trinajstić information content (AvgIpc) is 3.68. The lowest BCUT2D eigenvalue weighted by Gasteiger charge is -2.34. The molecular weight excluding hydrogens is 735 g/mol. The molecule has 3 N–H and O–H groups in total. The van der Waals surface area contributed by atoms with Gasteiger partial charge >= 0.3 is 0 Å². The van der Waals surface area contributed by atoms with Crippen molar-refractivity contribution in [2.75, 3.05) is 6.54 Å². The standard InChI is InChI=1S/C47H65N3O8/c1-4-7-24-39(46(48)56)49-44(54)26-25-41(51)45(55)35(17-5-2)27-43(53)40-28-36(58-31-32-18-11-8-12-19-32)30-50(40)47(57)38(34-22-15-10-16-23-34)29-42(52)37(6-3)33-20-13-9-14-21-33/h8-9,11-14,18-21,34-40H,4-7,10,15-17,22-31H2,1-3H3,(H2,48,56)(H,49,54)/t35?,36-,37?,38?,39?,40+/m1/s1. The fraction of sp³-hybridized carbons (Fsp3) is 0.596. The number of primary amides is 1. The lowest BCUT2D eigenvalue weighted by Crippen LogP contribution is -2.47. The molecule has 4 unspecified atom stereocenters. The number of nitrogens with one attached hydrogen (secondary N) is 1. The van der Waals surface area contributed by atoms with E-state index in [1.165, 1.54) is 0 Å². The van der Waals surface area contributed by atoms with E-state index in [1.54, 1.807) is 4.90 Å². The summed E-state index contributed by atoms with van der Waals surface area (Å²) < 4.78 is 6.32. The Bertz CT molecular complexity index is 1670. The number of rotatable bonds is 25. The molecule has 2 aliphatic rings. The Morgan fingerprint density at radius 2 is 1.50 bits per heavy atom. The minimum absolute atomic E-state index is 0.00709. The van der Waals surface area contributed by atoms with Crippen molar-refractivity contribution in [3.8, 4) is 0 Å². The molecule has 1 aliphatic heterocycles. The van der Waals surface area contributed by atoms with Gasteiger partial charge in [-0.3, -0.25) is 33.6 Å². The number of ether oxygens (including phenoxy) is 1. The number of ketones is 4. The molecule has 2 fully saturated rings. The molecule has 0 spiro atoms. The third kappa shape index (κ3) is 13.5. The van der Waals surface area contributed by atoms with Gasteiger partial charge in [0.15, 0.2) is 11.6 Å². The second kappa shape index (κ2) is 23.8. The van der Waals surface area contributed by atoms with Gasteiger partial charge in [0.25, 0.3) is 0 Å². The van der Waals surface area contributed by atoms with Crippen LogP contribution in [0.5, 0.6) is 0 Å². The number of amides is 3. The number of unbranched alkanes of at least 4 members (excludes halogenated alkanes) is 1. The van der Waals surface area contributed by atoms with E-state index in [9.17, 15) is 33.6 Å². The molecule has 4 rings (SSSR count). The fourth-order valence-corrected chi connectivity index (χ4v) is 8.75. The zero-order valence-corrected chi connectivity index (χ0v) is 34.8. The van der Waals surface area contributed by atoms with Crippen LogP contribution in [0.4, 0.5) is 0 Å². The van der Waals surface area contributed by atoms with Crippen LogP contribution in [0.2, 0.25) is 0 Å². The third-order valence-electron chi connectivity index (χ3n) is 12.0. The second-order valence-corrected chi connectivity index (χ2v) is 16.3. The van der Waals surface area contributed by atoms with Crippen molar-refractivity contribution in [3.63, 3.8) is 0 Å². The highest BCUT2D eigenvalue weighted by atomic mass is 16.5. The molecule has 316 valence electrons. The Morgan fingerprint density at radius 1 is 0.828 bits per heavy atom. The van der Waals surface area contributed by atoms with Gasteiger partial charge in [-0.05, 0) is 49.1 Å². The molecule has 58 heavy (non-hydrogen) atoms. The molecule has 3 amide bonds. The molecule has 11 nitrogen and oxygen atoms in total. The summed E-state index contributed by atoms with van der Waals surface area (Å²) in [6.07, 6.45) is 7.02. The van der Waals surface area contributed by atoms with E-state index in [-0.39, 0.29) is 74.4 Å². The summed E-state index contributed by atoms with van der Waals surface area (Å²) in [6.45, 7) is 6.28. The first-order valence-corrected chi connectivity index (χ1v) is 21.7. The number of hydrogen-bond acceptors (Lipinski definition) is 8. The summed E-state index contributed by atoms with van der Waals surface area (Å²) in [5.41, 5.74) is 7.33. The average molecular weight is 800 g/mol. The van der Waals surface area contributed by atoms with Gasteiger partial charge in [0, 0.05) is 56.4 Å². The maximum Gasteiger partial charge on any atom is 0.239 e. The molecule has 2 aromatic carbocycles. The number of nitrogens with two attached hydrogens (primary N) is 1. The first-order valence-electron chi connectivity index (χ1n) is 21.7. The van der Waals surface area contributed by atoms with Gasteiger partial charge in [0.1, 0.15) is 11.8 Å². The van der Waals surface area contributed by atoms with Crippen molar-refractivity contribution >= 4 is 40.9 Å². The van der Waals surface area contributed by atoms with Gasteiger partial charge in [-0.1, -0.05) is 120 Å². The summed E-state index contributed by atoms with van der Waals surface area (Å²) in [4.78, 5) is 96.3. The van der Waals surface area contributed by atoms with E-state index < -0.39 is 53.4 Å². The van der Waals surface area contributed by atoms with Crippen molar-refractivity contribution in [1.29, 1.82) is 0 Å². The predicted molar refractivity (Wildman–Crippen MR) is 222 cm³/mol. The van der Waals surface area contributed by atoms with Gasteiger partial charge in [-0.25, -0.2) is 0 Å². The lowest BCUT2D eigenvalue weighted by molar-refractivity contribution is -0.146. The van der Waals surface area contributed by atoms with Gasteiger partial charge < -0.3 is 20.7 Å². The number of nitrogens with zero attached hydrogens (tertiary/aromatic N) is 1. The highest BCUT2D eigenvalue weighted by molar-refractivity contribution is 6.38. The Hall–Kier alpha value is -4.51. The summed E-state index contributed by atoms with van der Waals surface area (Å²) in [5.74, 6) is -5.04. The Morgan fingerprint density at radius 3 is 2.12 bits per heavy atom. The van der Waals surface area contributed by atoms with Crippen LogP contribution >= 0.6 is 0 Å². The normalized spacial score (nSPS) is 19.1. The minimum atomic E-state index is -0.913. The predicted octanol–water partition coefficient (Wildman–Crippen LogP) is 6.98. The van der Waals surface area contributed by atoms with E-state index in [0.717, 1.165) is 49.7 Å². The van der Waals surface area contributed by atoms with Crippen LogP contribution in [0.15, 0.2) is 60.7 Å². The van der Waals surface area contributed by atoms with E-state index in [1.807, 2.05) is 81.4 Å². The number of benzene rings is 2. The minimum Gasteiger partial charge on any atom is -0.372 e. The Labute approximate surface area is 344 Å².